The molecule has 0 aliphatic carbocycles. The van der Waals surface area contributed by atoms with Crippen molar-refractivity contribution in [3.05, 3.63) is 71.3 Å². The number of hydrogen-bond donors (Lipinski definition) is 2. The molecule has 2 N–H and O–H groups in total. The van der Waals surface area contributed by atoms with Crippen LogP contribution >= 0.6 is 0 Å². The number of likely N-dealkylation sites (N-methyl/N-ethyl adjacent to an activating group) is 1. The molecule has 0 heterocycles. The highest BCUT2D eigenvalue weighted by molar-refractivity contribution is 5.94. The fourth-order valence-electron chi connectivity index (χ4n) is 2.60. The number of hydrogen-bond acceptors (Lipinski definition) is 3. The Morgan fingerprint density at radius 1 is 0.929 bits per heavy atom. The monoisotopic (exact) mass is 381 g/mol. The third-order valence-corrected chi connectivity index (χ3v) is 4.16. The zero-order chi connectivity index (χ0) is 20.4. The van der Waals surface area contributed by atoms with Crippen LogP contribution in [-0.2, 0) is 13.1 Å². The Bertz CT molecular complexity index is 772. The molecule has 150 valence electrons. The number of benzene rings is 2. The molecule has 6 heteroatoms. The Hall–Kier alpha value is -2.86. The van der Waals surface area contributed by atoms with Crippen molar-refractivity contribution >= 4 is 11.9 Å². The number of nitrogens with one attached hydrogen (secondary N) is 2. The van der Waals surface area contributed by atoms with Crippen molar-refractivity contribution in [1.29, 1.82) is 0 Å². The van der Waals surface area contributed by atoms with Gasteiger partial charge in [-0.05, 0) is 37.4 Å². The molecule has 0 saturated heterocycles. The van der Waals surface area contributed by atoms with E-state index in [0.29, 0.717) is 25.2 Å². The van der Waals surface area contributed by atoms with Crippen LogP contribution in [0.25, 0.3) is 0 Å². The van der Waals surface area contributed by atoms with Gasteiger partial charge in [-0.1, -0.05) is 42.5 Å². The van der Waals surface area contributed by atoms with E-state index in [1.807, 2.05) is 80.5 Å². The fraction of sp³-hybridized carbons (Fsp3) is 0.364. The van der Waals surface area contributed by atoms with Crippen LogP contribution in [0.3, 0.4) is 0 Å². The average Bonchev–Trinajstić information content (AvgIpc) is 2.68. The molecular weight excluding hydrogens is 350 g/mol. The van der Waals surface area contributed by atoms with Gasteiger partial charge in [0.25, 0.3) is 5.91 Å². The molecule has 0 aliphatic rings. The average molecular weight is 382 g/mol. The molecule has 0 aromatic heterocycles. The molecular formula is C22H31N5O. The van der Waals surface area contributed by atoms with Gasteiger partial charge in [-0.2, -0.15) is 0 Å². The highest BCUT2D eigenvalue weighted by Crippen LogP contribution is 2.07. The molecule has 1 amide bonds. The van der Waals surface area contributed by atoms with Gasteiger partial charge >= 0.3 is 0 Å². The Kier molecular flexibility index (Phi) is 8.49. The van der Waals surface area contributed by atoms with E-state index in [4.69, 9.17) is 0 Å². The lowest BCUT2D eigenvalue weighted by molar-refractivity contribution is 0.0951. The normalized spacial score (nSPS) is 11.4. The molecule has 0 radical (unpaired) electrons. The molecule has 0 unspecified atom stereocenters. The van der Waals surface area contributed by atoms with Gasteiger partial charge in [0.2, 0.25) is 0 Å². The first-order chi connectivity index (χ1) is 13.5. The van der Waals surface area contributed by atoms with Crippen LogP contribution in [0.15, 0.2) is 59.6 Å². The van der Waals surface area contributed by atoms with Crippen molar-refractivity contribution in [2.45, 2.75) is 13.1 Å². The van der Waals surface area contributed by atoms with Gasteiger partial charge < -0.3 is 20.4 Å². The highest BCUT2D eigenvalue weighted by atomic mass is 16.1. The van der Waals surface area contributed by atoms with Crippen molar-refractivity contribution in [3.8, 4) is 0 Å². The van der Waals surface area contributed by atoms with Gasteiger partial charge in [0, 0.05) is 39.3 Å². The maximum Gasteiger partial charge on any atom is 0.251 e. The van der Waals surface area contributed by atoms with E-state index in [-0.39, 0.29) is 5.91 Å². The number of carbonyl (C=O) groups is 1. The molecule has 0 aliphatic heterocycles. The highest BCUT2D eigenvalue weighted by Gasteiger charge is 2.07. The molecule has 2 rings (SSSR count). The van der Waals surface area contributed by atoms with E-state index < -0.39 is 0 Å². The lowest BCUT2D eigenvalue weighted by atomic mass is 10.1. The van der Waals surface area contributed by atoms with Crippen LogP contribution in [0.5, 0.6) is 0 Å². The van der Waals surface area contributed by atoms with Crippen LogP contribution in [0.1, 0.15) is 21.5 Å². The summed E-state index contributed by atoms with van der Waals surface area (Å²) in [6.45, 7) is 2.66. The van der Waals surface area contributed by atoms with E-state index in [0.717, 1.165) is 18.1 Å². The minimum atomic E-state index is -0.0530. The SMILES string of the molecule is CN(C)CCNC(=O)c1cccc(CN=C(NCc2ccccc2)N(C)C)c1. The van der Waals surface area contributed by atoms with E-state index in [9.17, 15) is 4.79 Å². The number of rotatable bonds is 8. The van der Waals surface area contributed by atoms with Gasteiger partial charge in [-0.25, -0.2) is 4.99 Å². The molecule has 0 atom stereocenters. The number of aliphatic imine (C=N–C) groups is 1. The summed E-state index contributed by atoms with van der Waals surface area (Å²) in [5.41, 5.74) is 2.87. The lowest BCUT2D eigenvalue weighted by Crippen LogP contribution is -2.36. The predicted molar refractivity (Wildman–Crippen MR) is 115 cm³/mol. The number of carbonyl (C=O) groups excluding carboxylic acids is 1. The summed E-state index contributed by atoms with van der Waals surface area (Å²) in [5.74, 6) is 0.757. The third-order valence-electron chi connectivity index (χ3n) is 4.16. The lowest BCUT2D eigenvalue weighted by Gasteiger charge is -2.18. The fourth-order valence-corrected chi connectivity index (χ4v) is 2.60. The molecule has 0 bridgehead atoms. The van der Waals surface area contributed by atoms with Crippen LogP contribution in [-0.4, -0.2) is 62.9 Å². The number of guanidine groups is 1. The van der Waals surface area contributed by atoms with Crippen LogP contribution in [0, 0.1) is 0 Å². The summed E-state index contributed by atoms with van der Waals surface area (Å²) < 4.78 is 0. The smallest absolute Gasteiger partial charge is 0.251 e. The first-order valence-corrected chi connectivity index (χ1v) is 9.47. The van der Waals surface area contributed by atoms with Crippen molar-refractivity contribution in [1.82, 2.24) is 20.4 Å². The van der Waals surface area contributed by atoms with Gasteiger partial charge in [0.1, 0.15) is 0 Å². The topological polar surface area (TPSA) is 60.0 Å². The summed E-state index contributed by atoms with van der Waals surface area (Å²) in [6, 6.07) is 17.9. The van der Waals surface area contributed by atoms with Crippen molar-refractivity contribution in [3.63, 3.8) is 0 Å². The van der Waals surface area contributed by atoms with E-state index in [1.165, 1.54) is 5.56 Å². The third kappa shape index (κ3) is 7.40. The second kappa shape index (κ2) is 11.1. The Morgan fingerprint density at radius 3 is 2.32 bits per heavy atom. The Morgan fingerprint density at radius 2 is 1.64 bits per heavy atom. The second-order valence-electron chi connectivity index (χ2n) is 7.13. The molecule has 0 spiro atoms. The molecule has 0 saturated carbocycles. The molecule has 2 aromatic rings. The van der Waals surface area contributed by atoms with E-state index in [2.05, 4.69) is 27.8 Å². The van der Waals surface area contributed by atoms with E-state index >= 15 is 0 Å². The Balaban J connectivity index is 1.97. The maximum absolute atomic E-state index is 12.3. The molecule has 6 nitrogen and oxygen atoms in total. The number of amides is 1. The largest absolute Gasteiger partial charge is 0.352 e. The first kappa shape index (κ1) is 21.4. The van der Waals surface area contributed by atoms with Gasteiger partial charge in [-0.3, -0.25) is 4.79 Å². The van der Waals surface area contributed by atoms with Crippen LogP contribution in [0.4, 0.5) is 0 Å². The second-order valence-corrected chi connectivity index (χ2v) is 7.13. The van der Waals surface area contributed by atoms with Crippen molar-refractivity contribution in [2.24, 2.45) is 4.99 Å². The summed E-state index contributed by atoms with van der Waals surface area (Å²) in [5, 5.41) is 6.32. The summed E-state index contributed by atoms with van der Waals surface area (Å²) in [6.07, 6.45) is 0. The van der Waals surface area contributed by atoms with Crippen molar-refractivity contribution < 1.29 is 4.79 Å². The van der Waals surface area contributed by atoms with Crippen LogP contribution < -0.4 is 10.6 Å². The zero-order valence-electron chi connectivity index (χ0n) is 17.3. The Labute approximate surface area is 168 Å². The molecule has 0 fully saturated rings. The number of nitrogens with zero attached hydrogens (tertiary/aromatic N) is 3. The van der Waals surface area contributed by atoms with Crippen molar-refractivity contribution in [2.75, 3.05) is 41.3 Å². The molecule has 28 heavy (non-hydrogen) atoms. The summed E-state index contributed by atoms with van der Waals surface area (Å²) in [4.78, 5) is 21.0. The van der Waals surface area contributed by atoms with E-state index in [1.54, 1.807) is 0 Å². The minimum Gasteiger partial charge on any atom is -0.352 e. The predicted octanol–water partition coefficient (Wildman–Crippen LogP) is 2.19. The maximum atomic E-state index is 12.3. The standard InChI is InChI=1S/C22H31N5O/c1-26(2)14-13-23-21(28)20-12-8-11-19(15-20)17-25-22(27(3)4)24-16-18-9-6-5-7-10-18/h5-12,15H,13-14,16-17H2,1-4H3,(H,23,28)(H,24,25). The first-order valence-electron chi connectivity index (χ1n) is 9.47. The molecule has 2 aromatic carbocycles. The van der Waals surface area contributed by atoms with Crippen LogP contribution in [0.2, 0.25) is 0 Å². The summed E-state index contributed by atoms with van der Waals surface area (Å²) in [7, 11) is 7.90. The zero-order valence-corrected chi connectivity index (χ0v) is 17.3. The summed E-state index contributed by atoms with van der Waals surface area (Å²) >= 11 is 0. The quantitative estimate of drug-likeness (QED) is 0.544. The minimum absolute atomic E-state index is 0.0530. The van der Waals surface area contributed by atoms with Gasteiger partial charge in [-0.15, -0.1) is 0 Å². The van der Waals surface area contributed by atoms with Gasteiger partial charge in [0.15, 0.2) is 5.96 Å². The van der Waals surface area contributed by atoms with Gasteiger partial charge in [0.05, 0.1) is 6.54 Å².